The van der Waals surface area contributed by atoms with Crippen molar-refractivity contribution in [3.63, 3.8) is 0 Å². The van der Waals surface area contributed by atoms with Crippen LogP contribution in [0.3, 0.4) is 0 Å². The first-order valence-corrected chi connectivity index (χ1v) is 8.79. The Kier molecular flexibility index (Phi) is 4.28. The highest BCUT2D eigenvalue weighted by Gasteiger charge is 2.45. The maximum atomic E-state index is 12.9. The molecule has 0 aromatic carbocycles. The molecule has 3 aliphatic rings. The smallest absolute Gasteiger partial charge is 0.248 e. The van der Waals surface area contributed by atoms with Crippen LogP contribution in [0.4, 0.5) is 0 Å². The molecule has 1 aliphatic carbocycles. The van der Waals surface area contributed by atoms with Crippen LogP contribution in [0, 0.1) is 0 Å². The second-order valence-electron chi connectivity index (χ2n) is 7.06. The molecule has 1 atom stereocenters. The van der Waals surface area contributed by atoms with Gasteiger partial charge < -0.3 is 14.8 Å². The van der Waals surface area contributed by atoms with Gasteiger partial charge in [0.05, 0.1) is 19.8 Å². The third-order valence-corrected chi connectivity index (χ3v) is 5.11. The summed E-state index contributed by atoms with van der Waals surface area (Å²) in [6.45, 7) is 7.59. The zero-order valence-electron chi connectivity index (χ0n) is 14.2. The molecule has 1 unspecified atom stereocenters. The quantitative estimate of drug-likeness (QED) is 0.806. The van der Waals surface area contributed by atoms with Crippen LogP contribution in [0.15, 0.2) is 0 Å². The highest BCUT2D eigenvalue weighted by molar-refractivity contribution is 5.84. The van der Waals surface area contributed by atoms with E-state index in [1.54, 1.807) is 0 Å². The molecule has 2 fully saturated rings. The van der Waals surface area contributed by atoms with Crippen molar-refractivity contribution in [3.05, 3.63) is 11.6 Å². The van der Waals surface area contributed by atoms with E-state index >= 15 is 0 Å². The van der Waals surface area contributed by atoms with Crippen molar-refractivity contribution in [1.82, 2.24) is 25.0 Å². The molecule has 4 rings (SSSR count). The van der Waals surface area contributed by atoms with Crippen LogP contribution in [0.25, 0.3) is 0 Å². The summed E-state index contributed by atoms with van der Waals surface area (Å²) in [5, 5.41) is 11.6. The Bertz CT molecular complexity index is 609. The van der Waals surface area contributed by atoms with Gasteiger partial charge in [-0.15, -0.1) is 10.2 Å². The van der Waals surface area contributed by atoms with Crippen molar-refractivity contribution >= 4 is 5.91 Å². The average molecular weight is 335 g/mol. The van der Waals surface area contributed by atoms with E-state index in [1.165, 1.54) is 0 Å². The summed E-state index contributed by atoms with van der Waals surface area (Å²) in [5.74, 6) is 2.14. The second kappa shape index (κ2) is 6.42. The Morgan fingerprint density at radius 2 is 2.08 bits per heavy atom. The summed E-state index contributed by atoms with van der Waals surface area (Å²) in [6.07, 6.45) is 2.27. The minimum absolute atomic E-state index is 0.0154. The number of ether oxygens (including phenoxy) is 2. The van der Waals surface area contributed by atoms with E-state index in [0.29, 0.717) is 25.7 Å². The summed E-state index contributed by atoms with van der Waals surface area (Å²) in [6, 6.07) is 0. The largest absolute Gasteiger partial charge is 0.379 e. The van der Waals surface area contributed by atoms with Gasteiger partial charge in [-0.25, -0.2) is 0 Å². The van der Waals surface area contributed by atoms with E-state index in [-0.39, 0.29) is 5.91 Å². The van der Waals surface area contributed by atoms with Crippen molar-refractivity contribution in [3.8, 4) is 0 Å². The Labute approximate surface area is 141 Å². The number of rotatable bonds is 5. The lowest BCUT2D eigenvalue weighted by molar-refractivity contribution is -0.135. The molecule has 1 aromatic rings. The summed E-state index contributed by atoms with van der Waals surface area (Å²) < 4.78 is 13.0. The second-order valence-corrected chi connectivity index (χ2v) is 7.06. The van der Waals surface area contributed by atoms with Crippen LogP contribution in [0.1, 0.15) is 37.3 Å². The number of nitrogens with one attached hydrogen (secondary N) is 1. The van der Waals surface area contributed by atoms with Gasteiger partial charge in [-0.2, -0.15) is 0 Å². The van der Waals surface area contributed by atoms with Crippen molar-refractivity contribution in [2.75, 3.05) is 46.0 Å². The lowest BCUT2D eigenvalue weighted by Crippen LogP contribution is -2.54. The van der Waals surface area contributed by atoms with Gasteiger partial charge in [0.25, 0.3) is 0 Å². The van der Waals surface area contributed by atoms with E-state index in [2.05, 4.69) is 20.4 Å². The molecule has 3 heterocycles. The fourth-order valence-corrected chi connectivity index (χ4v) is 3.48. The van der Waals surface area contributed by atoms with E-state index in [4.69, 9.17) is 9.47 Å². The van der Waals surface area contributed by atoms with Crippen molar-refractivity contribution in [1.29, 1.82) is 0 Å². The lowest BCUT2D eigenvalue weighted by atomic mass is 9.99. The fourth-order valence-electron chi connectivity index (χ4n) is 3.48. The lowest BCUT2D eigenvalue weighted by Gasteiger charge is -2.35. The molecule has 1 saturated heterocycles. The third kappa shape index (κ3) is 2.94. The van der Waals surface area contributed by atoms with Crippen LogP contribution in [-0.2, 0) is 26.4 Å². The van der Waals surface area contributed by atoms with Gasteiger partial charge in [-0.1, -0.05) is 0 Å². The SMILES string of the molecule is CC1(C(=O)NCCN2CCOCC2)COCc2nnc(C3CC3)n21. The van der Waals surface area contributed by atoms with Gasteiger partial charge in [0, 0.05) is 32.1 Å². The van der Waals surface area contributed by atoms with Crippen molar-refractivity contribution in [2.45, 2.75) is 37.8 Å². The average Bonchev–Trinajstić information content (AvgIpc) is 3.35. The maximum absolute atomic E-state index is 12.9. The number of fused-ring (bicyclic) bond motifs is 1. The number of carbonyl (C=O) groups excluding carboxylic acids is 1. The molecule has 2 aliphatic heterocycles. The summed E-state index contributed by atoms with van der Waals surface area (Å²) in [4.78, 5) is 15.2. The number of hydrogen-bond donors (Lipinski definition) is 1. The molecule has 0 spiro atoms. The Morgan fingerprint density at radius 1 is 1.29 bits per heavy atom. The minimum Gasteiger partial charge on any atom is -0.379 e. The molecule has 132 valence electrons. The molecular formula is C16H25N5O3. The van der Waals surface area contributed by atoms with E-state index in [9.17, 15) is 4.79 Å². The number of hydrogen-bond acceptors (Lipinski definition) is 6. The van der Waals surface area contributed by atoms with Crippen molar-refractivity contribution < 1.29 is 14.3 Å². The first-order chi connectivity index (χ1) is 11.7. The standard InChI is InChI=1S/C16H25N5O3/c1-16(15(22)17-4-5-20-6-8-23-9-7-20)11-24-10-13-18-19-14(21(13)16)12-2-3-12/h12H,2-11H2,1H3,(H,17,22). The summed E-state index contributed by atoms with van der Waals surface area (Å²) in [7, 11) is 0. The zero-order chi connectivity index (χ0) is 16.6. The molecule has 1 saturated carbocycles. The molecule has 0 bridgehead atoms. The first-order valence-electron chi connectivity index (χ1n) is 8.79. The zero-order valence-corrected chi connectivity index (χ0v) is 14.2. The van der Waals surface area contributed by atoms with Crippen LogP contribution in [0.2, 0.25) is 0 Å². The van der Waals surface area contributed by atoms with Gasteiger partial charge in [0.1, 0.15) is 18.0 Å². The predicted molar refractivity (Wildman–Crippen MR) is 85.6 cm³/mol. The van der Waals surface area contributed by atoms with Gasteiger partial charge in [0.15, 0.2) is 5.82 Å². The molecule has 8 nitrogen and oxygen atoms in total. The Morgan fingerprint density at radius 3 is 2.83 bits per heavy atom. The molecule has 1 N–H and O–H groups in total. The van der Waals surface area contributed by atoms with Gasteiger partial charge in [-0.3, -0.25) is 14.3 Å². The molecule has 0 radical (unpaired) electrons. The molecule has 1 aromatic heterocycles. The fraction of sp³-hybridized carbons (Fsp3) is 0.812. The highest BCUT2D eigenvalue weighted by atomic mass is 16.5. The number of carbonyl (C=O) groups is 1. The Hall–Kier alpha value is -1.51. The molecule has 1 amide bonds. The van der Waals surface area contributed by atoms with E-state index in [0.717, 1.165) is 57.3 Å². The minimum atomic E-state index is -0.764. The van der Waals surface area contributed by atoms with Crippen LogP contribution >= 0.6 is 0 Å². The van der Waals surface area contributed by atoms with Gasteiger partial charge in [-0.05, 0) is 19.8 Å². The molecular weight excluding hydrogens is 310 g/mol. The van der Waals surface area contributed by atoms with Crippen LogP contribution < -0.4 is 5.32 Å². The normalized spacial score (nSPS) is 27.7. The van der Waals surface area contributed by atoms with Gasteiger partial charge in [0.2, 0.25) is 5.91 Å². The predicted octanol–water partition coefficient (Wildman–Crippen LogP) is -0.151. The van der Waals surface area contributed by atoms with E-state index in [1.807, 2.05) is 11.5 Å². The number of amides is 1. The number of morpholine rings is 1. The topological polar surface area (TPSA) is 81.5 Å². The van der Waals surface area contributed by atoms with Crippen LogP contribution in [0.5, 0.6) is 0 Å². The van der Waals surface area contributed by atoms with Gasteiger partial charge >= 0.3 is 0 Å². The number of nitrogens with zero attached hydrogens (tertiary/aromatic N) is 4. The molecule has 24 heavy (non-hydrogen) atoms. The third-order valence-electron chi connectivity index (χ3n) is 5.11. The van der Waals surface area contributed by atoms with Crippen molar-refractivity contribution in [2.24, 2.45) is 0 Å². The Balaban J connectivity index is 1.43. The summed E-state index contributed by atoms with van der Waals surface area (Å²) in [5.41, 5.74) is -0.764. The number of aromatic nitrogens is 3. The monoisotopic (exact) mass is 335 g/mol. The van der Waals surface area contributed by atoms with Crippen LogP contribution in [-0.4, -0.2) is 71.6 Å². The highest BCUT2D eigenvalue weighted by Crippen LogP contribution is 2.41. The summed E-state index contributed by atoms with van der Waals surface area (Å²) >= 11 is 0. The first kappa shape index (κ1) is 16.0. The maximum Gasteiger partial charge on any atom is 0.248 e. The molecule has 8 heteroatoms. The van der Waals surface area contributed by atoms with E-state index < -0.39 is 5.54 Å².